The molecule has 17 heavy (non-hydrogen) atoms. The molecule has 0 N–H and O–H groups in total. The quantitative estimate of drug-likeness (QED) is 0.427. The first kappa shape index (κ1) is 14.2. The lowest BCUT2D eigenvalue weighted by atomic mass is 9.79. The van der Waals surface area contributed by atoms with Gasteiger partial charge in [0.2, 0.25) is 0 Å². The summed E-state index contributed by atoms with van der Waals surface area (Å²) in [4.78, 5) is 4.10. The molecule has 3 nitrogen and oxygen atoms in total. The van der Waals surface area contributed by atoms with E-state index in [2.05, 4.69) is 11.6 Å². The second-order valence-corrected chi connectivity index (χ2v) is 5.36. The number of hydrogen-bond acceptors (Lipinski definition) is 3. The van der Waals surface area contributed by atoms with Gasteiger partial charge in [-0.05, 0) is 53.1 Å². The van der Waals surface area contributed by atoms with Crippen LogP contribution in [0.15, 0.2) is 28.8 Å². The van der Waals surface area contributed by atoms with Crippen molar-refractivity contribution in [3.63, 3.8) is 0 Å². The van der Waals surface area contributed by atoms with Crippen molar-refractivity contribution in [2.24, 2.45) is 4.99 Å². The zero-order valence-electron chi connectivity index (χ0n) is 11.7. The lowest BCUT2D eigenvalue weighted by molar-refractivity contribution is 0.00578. The highest BCUT2D eigenvalue weighted by molar-refractivity contribution is 6.54. The van der Waals surface area contributed by atoms with Gasteiger partial charge in [-0.1, -0.05) is 6.58 Å². The summed E-state index contributed by atoms with van der Waals surface area (Å²) in [6.45, 7) is 15.8. The van der Waals surface area contributed by atoms with Gasteiger partial charge in [0.1, 0.15) is 0 Å². The molecule has 0 amide bonds. The molecule has 0 aromatic carbocycles. The predicted octanol–water partition coefficient (Wildman–Crippen LogP) is 3.17. The molecule has 1 heterocycles. The van der Waals surface area contributed by atoms with Gasteiger partial charge in [0.25, 0.3) is 0 Å². The van der Waals surface area contributed by atoms with Crippen molar-refractivity contribution in [2.75, 3.05) is 0 Å². The minimum atomic E-state index is -0.316. The maximum absolute atomic E-state index is 5.92. The minimum absolute atomic E-state index is 0.303. The molecular formula is C13H22BNO2. The van der Waals surface area contributed by atoms with Gasteiger partial charge in [-0.2, -0.15) is 0 Å². The molecule has 1 saturated heterocycles. The monoisotopic (exact) mass is 235 g/mol. The molecule has 0 aliphatic carbocycles. The number of rotatable bonds is 3. The molecule has 0 spiro atoms. The number of allylic oxidation sites excluding steroid dienone is 2. The fourth-order valence-electron chi connectivity index (χ4n) is 1.56. The second kappa shape index (κ2) is 4.79. The molecule has 0 radical (unpaired) electrons. The largest absolute Gasteiger partial charge is 0.490 e. The van der Waals surface area contributed by atoms with Crippen molar-refractivity contribution in [1.82, 2.24) is 0 Å². The Bertz CT molecular complexity index is 354. The van der Waals surface area contributed by atoms with Crippen LogP contribution < -0.4 is 0 Å². The van der Waals surface area contributed by atoms with Gasteiger partial charge in [0, 0.05) is 6.21 Å². The van der Waals surface area contributed by atoms with Crippen LogP contribution in [0.3, 0.4) is 0 Å². The first-order valence-corrected chi connectivity index (χ1v) is 5.91. The third kappa shape index (κ3) is 3.08. The zero-order valence-corrected chi connectivity index (χ0v) is 11.7. The molecule has 4 heteroatoms. The van der Waals surface area contributed by atoms with Crippen molar-refractivity contribution >= 4 is 13.3 Å². The Morgan fingerprint density at radius 2 is 1.65 bits per heavy atom. The van der Waals surface area contributed by atoms with Crippen molar-refractivity contribution in [2.45, 2.75) is 52.7 Å². The molecule has 1 rings (SSSR count). The van der Waals surface area contributed by atoms with E-state index in [0.29, 0.717) is 5.70 Å². The number of aliphatic imine (C=N–C) groups is 1. The van der Waals surface area contributed by atoms with Gasteiger partial charge in [-0.15, -0.1) is 0 Å². The van der Waals surface area contributed by atoms with E-state index in [-0.39, 0.29) is 18.3 Å². The zero-order chi connectivity index (χ0) is 13.3. The summed E-state index contributed by atoms with van der Waals surface area (Å²) in [6.07, 6.45) is 3.61. The van der Waals surface area contributed by atoms with Crippen LogP contribution in [0.2, 0.25) is 0 Å². The highest BCUT2D eigenvalue weighted by atomic mass is 16.7. The SMILES string of the molecule is C=C(/C=C(\C)B1OC(C)(C)C(C)(C)O1)N=CC. The lowest BCUT2D eigenvalue weighted by Gasteiger charge is -2.32. The van der Waals surface area contributed by atoms with Crippen LogP contribution in [-0.4, -0.2) is 24.5 Å². The van der Waals surface area contributed by atoms with E-state index >= 15 is 0 Å². The normalized spacial score (nSPS) is 23.4. The van der Waals surface area contributed by atoms with Crippen LogP contribution in [0.5, 0.6) is 0 Å². The molecule has 1 aliphatic heterocycles. The Labute approximate surface area is 105 Å². The van der Waals surface area contributed by atoms with E-state index in [1.807, 2.05) is 47.6 Å². The van der Waals surface area contributed by atoms with Crippen LogP contribution in [0.25, 0.3) is 0 Å². The fourth-order valence-corrected chi connectivity index (χ4v) is 1.56. The van der Waals surface area contributed by atoms with Gasteiger partial charge < -0.3 is 9.31 Å². The maximum atomic E-state index is 5.92. The fraction of sp³-hybridized carbons (Fsp3) is 0.615. The molecule has 0 saturated carbocycles. The molecule has 1 fully saturated rings. The average Bonchev–Trinajstić information content (AvgIpc) is 2.36. The third-order valence-corrected chi connectivity index (χ3v) is 3.31. The summed E-state index contributed by atoms with van der Waals surface area (Å²) in [5.41, 5.74) is 1.09. The summed E-state index contributed by atoms with van der Waals surface area (Å²) < 4.78 is 11.8. The van der Waals surface area contributed by atoms with Crippen molar-refractivity contribution in [1.29, 1.82) is 0 Å². The molecule has 0 aromatic rings. The minimum Gasteiger partial charge on any atom is -0.400 e. The van der Waals surface area contributed by atoms with Gasteiger partial charge in [-0.25, -0.2) is 0 Å². The van der Waals surface area contributed by atoms with E-state index in [1.54, 1.807) is 6.21 Å². The summed E-state index contributed by atoms with van der Waals surface area (Å²) in [7, 11) is -0.316. The van der Waals surface area contributed by atoms with E-state index in [9.17, 15) is 0 Å². The lowest BCUT2D eigenvalue weighted by Crippen LogP contribution is -2.41. The molecule has 0 atom stereocenters. The van der Waals surface area contributed by atoms with Crippen LogP contribution >= 0.6 is 0 Å². The molecule has 0 unspecified atom stereocenters. The highest BCUT2D eigenvalue weighted by Crippen LogP contribution is 2.38. The average molecular weight is 235 g/mol. The molecule has 0 bridgehead atoms. The molecule has 94 valence electrons. The molecular weight excluding hydrogens is 213 g/mol. The van der Waals surface area contributed by atoms with Gasteiger partial charge in [0.15, 0.2) is 0 Å². The van der Waals surface area contributed by atoms with Gasteiger partial charge in [-0.3, -0.25) is 4.99 Å². The summed E-state index contributed by atoms with van der Waals surface area (Å²) >= 11 is 0. The summed E-state index contributed by atoms with van der Waals surface area (Å²) in [5.74, 6) is 0. The Kier molecular flexibility index (Phi) is 4.00. The Hall–Kier alpha value is -0.865. The predicted molar refractivity (Wildman–Crippen MR) is 73.1 cm³/mol. The van der Waals surface area contributed by atoms with Crippen molar-refractivity contribution in [3.8, 4) is 0 Å². The highest BCUT2D eigenvalue weighted by Gasteiger charge is 2.51. The Morgan fingerprint density at radius 3 is 2.06 bits per heavy atom. The summed E-state index contributed by atoms with van der Waals surface area (Å²) in [6, 6.07) is 0. The van der Waals surface area contributed by atoms with Crippen molar-refractivity contribution in [3.05, 3.63) is 23.8 Å². The van der Waals surface area contributed by atoms with Crippen LogP contribution in [0.1, 0.15) is 41.5 Å². The molecule has 0 aromatic heterocycles. The summed E-state index contributed by atoms with van der Waals surface area (Å²) in [5, 5.41) is 0. The maximum Gasteiger partial charge on any atom is 0.490 e. The Balaban J connectivity index is 2.81. The topological polar surface area (TPSA) is 30.8 Å². The van der Waals surface area contributed by atoms with Crippen LogP contribution in [-0.2, 0) is 9.31 Å². The van der Waals surface area contributed by atoms with Crippen LogP contribution in [0, 0.1) is 0 Å². The van der Waals surface area contributed by atoms with Crippen molar-refractivity contribution < 1.29 is 9.31 Å². The van der Waals surface area contributed by atoms with E-state index in [1.165, 1.54) is 0 Å². The first-order valence-electron chi connectivity index (χ1n) is 5.91. The van der Waals surface area contributed by atoms with E-state index < -0.39 is 0 Å². The number of hydrogen-bond donors (Lipinski definition) is 0. The molecule has 1 aliphatic rings. The third-order valence-electron chi connectivity index (χ3n) is 3.31. The number of nitrogens with zero attached hydrogens (tertiary/aromatic N) is 1. The second-order valence-electron chi connectivity index (χ2n) is 5.36. The van der Waals surface area contributed by atoms with Gasteiger partial charge in [0.05, 0.1) is 16.9 Å². The van der Waals surface area contributed by atoms with E-state index in [0.717, 1.165) is 5.47 Å². The van der Waals surface area contributed by atoms with Gasteiger partial charge >= 0.3 is 7.12 Å². The standard InChI is InChI=1S/C13H22BNO2/c1-8-15-11(3)9-10(2)14-16-12(4,5)13(6,7)17-14/h8-9H,3H2,1-2,4-7H3/b10-9+,15-8?. The smallest absolute Gasteiger partial charge is 0.400 e. The Morgan fingerprint density at radius 1 is 1.18 bits per heavy atom. The van der Waals surface area contributed by atoms with E-state index in [4.69, 9.17) is 9.31 Å². The first-order chi connectivity index (χ1) is 7.69. The van der Waals surface area contributed by atoms with Crippen LogP contribution in [0.4, 0.5) is 0 Å².